The second-order valence-corrected chi connectivity index (χ2v) is 4.15. The van der Waals surface area contributed by atoms with Crippen LogP contribution in [0.1, 0.15) is 25.3 Å². The average molecular weight is 222 g/mol. The van der Waals surface area contributed by atoms with Gasteiger partial charge in [0.25, 0.3) is 0 Å². The van der Waals surface area contributed by atoms with E-state index in [-0.39, 0.29) is 11.7 Å². The van der Waals surface area contributed by atoms with E-state index in [2.05, 4.69) is 9.97 Å². The van der Waals surface area contributed by atoms with Gasteiger partial charge in [-0.15, -0.1) is 0 Å². The van der Waals surface area contributed by atoms with Gasteiger partial charge < -0.3 is 4.98 Å². The van der Waals surface area contributed by atoms with Crippen molar-refractivity contribution in [1.82, 2.24) is 9.97 Å². The summed E-state index contributed by atoms with van der Waals surface area (Å²) in [5.41, 5.74) is 1.41. The van der Waals surface area contributed by atoms with Crippen LogP contribution in [0.25, 0.3) is 11.4 Å². The molecular weight excluding hydrogens is 211 g/mol. The van der Waals surface area contributed by atoms with Gasteiger partial charge in [-0.1, -0.05) is 26.1 Å². The van der Waals surface area contributed by atoms with E-state index < -0.39 is 0 Å². The number of rotatable bonds is 1. The van der Waals surface area contributed by atoms with Crippen LogP contribution in [0.5, 0.6) is 0 Å². The lowest BCUT2D eigenvalue weighted by molar-refractivity contribution is 0.627. The Morgan fingerprint density at radius 3 is 2.87 bits per heavy atom. The number of aromatic amines is 1. The van der Waals surface area contributed by atoms with Crippen LogP contribution in [0.15, 0.2) is 18.3 Å². The lowest BCUT2D eigenvalue weighted by Crippen LogP contribution is -1.99. The minimum Gasteiger partial charge on any atom is -0.346 e. The summed E-state index contributed by atoms with van der Waals surface area (Å²) in [5, 5.41) is 0. The predicted molar refractivity (Wildman–Crippen MR) is 60.1 cm³/mol. The molecule has 0 bridgehead atoms. The Bertz CT molecular complexity index is 519. The normalized spacial score (nSPS) is 11.2. The van der Waals surface area contributed by atoms with Crippen molar-refractivity contribution in [3.63, 3.8) is 0 Å². The molecule has 1 N–H and O–H groups in total. The Morgan fingerprint density at radius 2 is 2.20 bits per heavy atom. The molecule has 0 fully saturated rings. The number of pyridine rings is 2. The highest BCUT2D eigenvalue weighted by Crippen LogP contribution is 2.25. The summed E-state index contributed by atoms with van der Waals surface area (Å²) in [6.45, 7) is 4.03. The fraction of sp³-hybridized carbons (Fsp3) is 0.273. The van der Waals surface area contributed by atoms with Gasteiger partial charge in [-0.05, 0) is 23.6 Å². The summed E-state index contributed by atoms with van der Waals surface area (Å²) in [6.07, 6.45) is 1.52. The first kappa shape index (κ1) is 10.2. The zero-order valence-electron chi connectivity index (χ0n) is 8.54. The highest BCUT2D eigenvalue weighted by atomic mass is 32.1. The molecule has 0 atom stereocenters. The molecule has 2 aliphatic rings. The van der Waals surface area contributed by atoms with E-state index in [0.29, 0.717) is 16.0 Å². The molecular formula is C11H11FN2S. The van der Waals surface area contributed by atoms with Gasteiger partial charge in [-0.25, -0.2) is 9.37 Å². The van der Waals surface area contributed by atoms with Crippen molar-refractivity contribution < 1.29 is 4.39 Å². The van der Waals surface area contributed by atoms with Crippen molar-refractivity contribution in [2.75, 3.05) is 0 Å². The third-order valence-electron chi connectivity index (χ3n) is 2.34. The molecule has 0 unspecified atom stereocenters. The third kappa shape index (κ3) is 1.77. The molecule has 2 heterocycles. The Labute approximate surface area is 92.5 Å². The molecule has 4 heteroatoms. The Hall–Kier alpha value is -1.29. The van der Waals surface area contributed by atoms with Gasteiger partial charge in [-0.2, -0.15) is 0 Å². The molecule has 15 heavy (non-hydrogen) atoms. The van der Waals surface area contributed by atoms with Crippen molar-refractivity contribution in [1.29, 1.82) is 0 Å². The summed E-state index contributed by atoms with van der Waals surface area (Å²) in [4.78, 5) is 7.06. The van der Waals surface area contributed by atoms with Gasteiger partial charge >= 0.3 is 0 Å². The van der Waals surface area contributed by atoms with Crippen LogP contribution < -0.4 is 0 Å². The van der Waals surface area contributed by atoms with E-state index in [1.54, 1.807) is 6.07 Å². The lowest BCUT2D eigenvalue weighted by Gasteiger charge is -2.10. The van der Waals surface area contributed by atoms with Gasteiger partial charge in [-0.3, -0.25) is 0 Å². The number of H-pyrrole nitrogens is 1. The van der Waals surface area contributed by atoms with E-state index in [1.165, 1.54) is 12.3 Å². The fourth-order valence-corrected chi connectivity index (χ4v) is 1.89. The number of nitrogens with zero attached hydrogens (tertiary/aromatic N) is 1. The Kier molecular flexibility index (Phi) is 2.52. The molecule has 0 aromatic carbocycles. The van der Waals surface area contributed by atoms with Crippen LogP contribution in [-0.4, -0.2) is 9.97 Å². The summed E-state index contributed by atoms with van der Waals surface area (Å²) in [5.74, 6) is 0.492. The van der Waals surface area contributed by atoms with Crippen molar-refractivity contribution in [3.8, 4) is 11.4 Å². The quantitative estimate of drug-likeness (QED) is 0.748. The average Bonchev–Trinajstić information content (AvgIpc) is 2.16. The number of aromatic nitrogens is 2. The first-order chi connectivity index (χ1) is 7.09. The molecule has 0 aromatic heterocycles. The van der Waals surface area contributed by atoms with Gasteiger partial charge in [0, 0.05) is 6.20 Å². The summed E-state index contributed by atoms with van der Waals surface area (Å²) >= 11 is 5.15. The molecule has 2 nitrogen and oxygen atoms in total. The van der Waals surface area contributed by atoms with E-state index in [0.717, 1.165) is 5.56 Å². The Balaban J connectivity index is 2.79. The molecule has 2 aliphatic heterocycles. The molecule has 0 aliphatic carbocycles. The number of hydrogen-bond donors (Lipinski definition) is 1. The predicted octanol–water partition coefficient (Wildman–Crippen LogP) is 3.51. The molecule has 78 valence electrons. The van der Waals surface area contributed by atoms with Crippen molar-refractivity contribution >= 4 is 12.2 Å². The monoisotopic (exact) mass is 222 g/mol. The maximum atomic E-state index is 13.5. The van der Waals surface area contributed by atoms with Gasteiger partial charge in [0.15, 0.2) is 0 Å². The molecule has 0 spiro atoms. The SMILES string of the molecule is CC(C)c1cc2c(F)cc[nH]c-2nc1=S. The molecule has 0 aromatic rings. The molecule has 0 saturated heterocycles. The molecule has 0 radical (unpaired) electrons. The van der Waals surface area contributed by atoms with Crippen LogP contribution in [0.4, 0.5) is 4.39 Å². The largest absolute Gasteiger partial charge is 0.346 e. The number of halogens is 1. The highest BCUT2D eigenvalue weighted by molar-refractivity contribution is 7.71. The molecule has 2 rings (SSSR count). The second-order valence-electron chi connectivity index (χ2n) is 3.76. The lowest BCUT2D eigenvalue weighted by atomic mass is 10.0. The van der Waals surface area contributed by atoms with Gasteiger partial charge in [0.05, 0.1) is 5.56 Å². The number of nitrogens with one attached hydrogen (secondary N) is 1. The van der Waals surface area contributed by atoms with Crippen LogP contribution >= 0.6 is 12.2 Å². The highest BCUT2D eigenvalue weighted by Gasteiger charge is 2.13. The summed E-state index contributed by atoms with van der Waals surface area (Å²) in [6, 6.07) is 3.17. The van der Waals surface area contributed by atoms with Gasteiger partial charge in [0.2, 0.25) is 0 Å². The zero-order valence-corrected chi connectivity index (χ0v) is 9.36. The second kappa shape index (κ2) is 3.70. The summed E-state index contributed by atoms with van der Waals surface area (Å²) in [7, 11) is 0. The third-order valence-corrected chi connectivity index (χ3v) is 2.67. The van der Waals surface area contributed by atoms with Crippen LogP contribution in [-0.2, 0) is 0 Å². The maximum absolute atomic E-state index is 13.5. The van der Waals surface area contributed by atoms with Crippen molar-refractivity contribution in [2.24, 2.45) is 0 Å². The first-order valence-electron chi connectivity index (χ1n) is 4.77. The molecule has 0 amide bonds. The van der Waals surface area contributed by atoms with E-state index >= 15 is 0 Å². The first-order valence-corrected chi connectivity index (χ1v) is 5.18. The van der Waals surface area contributed by atoms with Crippen LogP contribution in [0, 0.1) is 10.5 Å². The topological polar surface area (TPSA) is 28.7 Å². The Morgan fingerprint density at radius 1 is 1.47 bits per heavy atom. The van der Waals surface area contributed by atoms with E-state index in [9.17, 15) is 4.39 Å². The standard InChI is InChI=1S/C11H11FN2S/c1-6(2)7-5-8-9(12)3-4-13-10(8)14-11(7)15/h3-6H,1-2H3,(H,13,14,15). The number of hydrogen-bond acceptors (Lipinski definition) is 2. The molecule has 0 saturated carbocycles. The maximum Gasteiger partial charge on any atom is 0.141 e. The minimum atomic E-state index is -0.270. The van der Waals surface area contributed by atoms with Gasteiger partial charge in [0.1, 0.15) is 16.3 Å². The smallest absolute Gasteiger partial charge is 0.141 e. The van der Waals surface area contributed by atoms with Crippen molar-refractivity contribution in [2.45, 2.75) is 19.8 Å². The van der Waals surface area contributed by atoms with E-state index in [1.807, 2.05) is 13.8 Å². The number of fused-ring (bicyclic) bond motifs is 1. The van der Waals surface area contributed by atoms with Crippen molar-refractivity contribution in [3.05, 3.63) is 34.4 Å². The van der Waals surface area contributed by atoms with E-state index in [4.69, 9.17) is 12.2 Å². The van der Waals surface area contributed by atoms with Crippen LogP contribution in [0.3, 0.4) is 0 Å². The fourth-order valence-electron chi connectivity index (χ4n) is 1.50. The van der Waals surface area contributed by atoms with Crippen LogP contribution in [0.2, 0.25) is 0 Å². The zero-order chi connectivity index (χ0) is 11.0. The minimum absolute atomic E-state index is 0.258. The summed E-state index contributed by atoms with van der Waals surface area (Å²) < 4.78 is 14.0.